The van der Waals surface area contributed by atoms with E-state index in [0.29, 0.717) is 34.6 Å². The van der Waals surface area contributed by atoms with Gasteiger partial charge in [-0.3, -0.25) is 0 Å². The Morgan fingerprint density at radius 3 is 2.80 bits per heavy atom. The van der Waals surface area contributed by atoms with Crippen LogP contribution in [-0.2, 0) is 0 Å². The van der Waals surface area contributed by atoms with Crippen molar-refractivity contribution in [2.75, 3.05) is 32.1 Å². The Bertz CT molecular complexity index is 511. The van der Waals surface area contributed by atoms with E-state index in [1.807, 2.05) is 0 Å². The molecule has 1 aromatic rings. The summed E-state index contributed by atoms with van der Waals surface area (Å²) < 4.78 is 5.17. The highest BCUT2D eigenvalue weighted by Crippen LogP contribution is 2.34. The van der Waals surface area contributed by atoms with Gasteiger partial charge in [-0.2, -0.15) is 0 Å². The molecular weight excluding hydrogens is 303 g/mol. The lowest BCUT2D eigenvalue weighted by atomic mass is 10.1. The summed E-state index contributed by atoms with van der Waals surface area (Å²) in [5.41, 5.74) is 0.472. The average molecular weight is 319 g/mol. The van der Waals surface area contributed by atoms with Crippen LogP contribution in [0.4, 0.5) is 10.5 Å². The van der Waals surface area contributed by atoms with Crippen molar-refractivity contribution in [3.05, 3.63) is 22.2 Å². The van der Waals surface area contributed by atoms with Crippen LogP contribution in [-0.4, -0.2) is 42.8 Å². The van der Waals surface area contributed by atoms with Crippen LogP contribution in [0.25, 0.3) is 0 Å². The summed E-state index contributed by atoms with van der Waals surface area (Å²) in [5, 5.41) is 12.6. The second-order valence-corrected chi connectivity index (χ2v) is 5.49. The van der Waals surface area contributed by atoms with E-state index >= 15 is 0 Å². The first-order valence-corrected chi connectivity index (χ1v) is 7.00. The van der Waals surface area contributed by atoms with Crippen LogP contribution < -0.4 is 10.1 Å². The summed E-state index contributed by atoms with van der Waals surface area (Å²) in [6, 6.07) is 2.87. The number of likely N-dealkylation sites (tertiary alicyclic amines) is 1. The zero-order valence-corrected chi connectivity index (χ0v) is 12.5. The number of rotatable bonds is 3. The van der Waals surface area contributed by atoms with Crippen LogP contribution in [0.15, 0.2) is 12.1 Å². The van der Waals surface area contributed by atoms with E-state index in [-0.39, 0.29) is 18.6 Å². The predicted molar refractivity (Wildman–Crippen MR) is 78.8 cm³/mol. The number of benzene rings is 1. The molecule has 0 radical (unpaired) electrons. The zero-order valence-electron chi connectivity index (χ0n) is 11.0. The summed E-state index contributed by atoms with van der Waals surface area (Å²) in [5.74, 6) is 0.599. The first-order chi connectivity index (χ1) is 9.55. The molecule has 2 amide bonds. The van der Waals surface area contributed by atoms with Crippen molar-refractivity contribution in [2.24, 2.45) is 5.92 Å². The van der Waals surface area contributed by atoms with E-state index < -0.39 is 0 Å². The van der Waals surface area contributed by atoms with Crippen molar-refractivity contribution >= 4 is 34.9 Å². The Labute approximate surface area is 127 Å². The number of anilines is 1. The molecule has 0 bridgehead atoms. The van der Waals surface area contributed by atoms with E-state index in [9.17, 15) is 4.79 Å². The number of aliphatic hydroxyl groups is 1. The Balaban J connectivity index is 2.10. The molecule has 7 heteroatoms. The molecule has 1 fully saturated rings. The van der Waals surface area contributed by atoms with Crippen LogP contribution in [0.5, 0.6) is 5.75 Å². The summed E-state index contributed by atoms with van der Waals surface area (Å²) in [7, 11) is 1.49. The minimum atomic E-state index is -0.238. The van der Waals surface area contributed by atoms with Gasteiger partial charge in [-0.15, -0.1) is 0 Å². The van der Waals surface area contributed by atoms with Crippen molar-refractivity contribution < 1.29 is 14.6 Å². The van der Waals surface area contributed by atoms with Crippen molar-refractivity contribution in [1.82, 2.24) is 4.90 Å². The third kappa shape index (κ3) is 3.29. The van der Waals surface area contributed by atoms with Crippen LogP contribution >= 0.6 is 23.2 Å². The number of halogens is 2. The molecule has 110 valence electrons. The molecule has 0 saturated carbocycles. The Hall–Kier alpha value is -1.17. The lowest BCUT2D eigenvalue weighted by molar-refractivity contribution is 0.208. The van der Waals surface area contributed by atoms with Gasteiger partial charge in [-0.25, -0.2) is 4.79 Å². The van der Waals surface area contributed by atoms with E-state index in [4.69, 9.17) is 33.0 Å². The van der Waals surface area contributed by atoms with Crippen molar-refractivity contribution in [2.45, 2.75) is 6.42 Å². The molecule has 0 aromatic heterocycles. The molecule has 1 saturated heterocycles. The first kappa shape index (κ1) is 15.2. The van der Waals surface area contributed by atoms with Crippen LogP contribution in [0.3, 0.4) is 0 Å². The molecule has 20 heavy (non-hydrogen) atoms. The SMILES string of the molecule is COc1cc(Cl)c(Cl)cc1NC(=O)N1CC[C@@H](CO)C1. The van der Waals surface area contributed by atoms with Gasteiger partial charge in [0.25, 0.3) is 0 Å². The molecule has 2 N–H and O–H groups in total. The Kier molecular flexibility index (Phi) is 4.96. The highest BCUT2D eigenvalue weighted by molar-refractivity contribution is 6.42. The second kappa shape index (κ2) is 6.52. The number of ether oxygens (including phenoxy) is 1. The van der Waals surface area contributed by atoms with Crippen LogP contribution in [0.1, 0.15) is 6.42 Å². The van der Waals surface area contributed by atoms with Crippen molar-refractivity contribution in [3.63, 3.8) is 0 Å². The first-order valence-electron chi connectivity index (χ1n) is 6.25. The molecule has 1 aliphatic heterocycles. The smallest absolute Gasteiger partial charge is 0.321 e. The molecule has 1 aliphatic rings. The molecule has 0 unspecified atom stereocenters. The lowest BCUT2D eigenvalue weighted by Gasteiger charge is -2.18. The topological polar surface area (TPSA) is 61.8 Å². The Morgan fingerprint density at radius 2 is 2.20 bits per heavy atom. The maximum atomic E-state index is 12.1. The van der Waals surface area contributed by atoms with Gasteiger partial charge in [-0.05, 0) is 12.5 Å². The van der Waals surface area contributed by atoms with Crippen LogP contribution in [0.2, 0.25) is 10.0 Å². The Morgan fingerprint density at radius 1 is 1.50 bits per heavy atom. The zero-order chi connectivity index (χ0) is 14.7. The van der Waals surface area contributed by atoms with Gasteiger partial charge in [0, 0.05) is 31.7 Å². The fraction of sp³-hybridized carbons (Fsp3) is 0.462. The summed E-state index contributed by atoms with van der Waals surface area (Å²) in [6.45, 7) is 1.27. The summed E-state index contributed by atoms with van der Waals surface area (Å²) >= 11 is 11.8. The monoisotopic (exact) mass is 318 g/mol. The molecule has 1 aromatic carbocycles. The number of methoxy groups -OCH3 is 1. The largest absolute Gasteiger partial charge is 0.495 e. The van der Waals surface area contributed by atoms with E-state index in [1.165, 1.54) is 7.11 Å². The highest BCUT2D eigenvalue weighted by Gasteiger charge is 2.26. The lowest BCUT2D eigenvalue weighted by Crippen LogP contribution is -2.33. The standard InChI is InChI=1S/C13H16Cl2N2O3/c1-20-12-5-10(15)9(14)4-11(12)16-13(19)17-3-2-8(6-17)7-18/h4-5,8,18H,2-3,6-7H2,1H3,(H,16,19)/t8-/m1/s1. The van der Waals surface area contributed by atoms with E-state index in [2.05, 4.69) is 5.32 Å². The molecule has 0 aliphatic carbocycles. The maximum Gasteiger partial charge on any atom is 0.321 e. The minimum Gasteiger partial charge on any atom is -0.495 e. The maximum absolute atomic E-state index is 12.1. The molecule has 2 rings (SSSR count). The van der Waals surface area contributed by atoms with Crippen molar-refractivity contribution in [3.8, 4) is 5.75 Å². The van der Waals surface area contributed by atoms with Gasteiger partial charge in [0.05, 0.1) is 22.8 Å². The fourth-order valence-electron chi connectivity index (χ4n) is 2.16. The van der Waals surface area contributed by atoms with E-state index in [0.717, 1.165) is 6.42 Å². The number of hydrogen-bond acceptors (Lipinski definition) is 3. The quantitative estimate of drug-likeness (QED) is 0.900. The minimum absolute atomic E-state index is 0.0971. The molecule has 5 nitrogen and oxygen atoms in total. The highest BCUT2D eigenvalue weighted by atomic mass is 35.5. The number of carbonyl (C=O) groups is 1. The second-order valence-electron chi connectivity index (χ2n) is 4.68. The van der Waals surface area contributed by atoms with Gasteiger partial charge in [0.1, 0.15) is 5.75 Å². The number of aliphatic hydroxyl groups excluding tert-OH is 1. The number of amides is 2. The molecule has 1 atom stereocenters. The number of carbonyl (C=O) groups excluding carboxylic acids is 1. The van der Waals surface area contributed by atoms with Crippen LogP contribution in [0, 0.1) is 5.92 Å². The summed E-state index contributed by atoms with van der Waals surface area (Å²) in [4.78, 5) is 13.8. The summed E-state index contributed by atoms with van der Waals surface area (Å²) in [6.07, 6.45) is 0.808. The van der Waals surface area contributed by atoms with Gasteiger partial charge >= 0.3 is 6.03 Å². The predicted octanol–water partition coefficient (Wildman–Crippen LogP) is 2.85. The van der Waals surface area contributed by atoms with Gasteiger partial charge in [0.15, 0.2) is 0 Å². The number of urea groups is 1. The van der Waals surface area contributed by atoms with Gasteiger partial charge in [-0.1, -0.05) is 23.2 Å². The fourth-order valence-corrected chi connectivity index (χ4v) is 2.47. The number of nitrogens with zero attached hydrogens (tertiary/aromatic N) is 1. The third-order valence-corrected chi connectivity index (χ3v) is 4.04. The average Bonchev–Trinajstić information content (AvgIpc) is 2.91. The third-order valence-electron chi connectivity index (χ3n) is 3.32. The molecule has 1 heterocycles. The van der Waals surface area contributed by atoms with Crippen molar-refractivity contribution in [1.29, 1.82) is 0 Å². The normalized spacial score (nSPS) is 18.2. The van der Waals surface area contributed by atoms with Gasteiger partial charge < -0.3 is 20.1 Å². The number of hydrogen-bond donors (Lipinski definition) is 2. The molecule has 0 spiro atoms. The molecular formula is C13H16Cl2N2O3. The van der Waals surface area contributed by atoms with Gasteiger partial charge in [0.2, 0.25) is 0 Å². The number of nitrogens with one attached hydrogen (secondary N) is 1. The van der Waals surface area contributed by atoms with E-state index in [1.54, 1.807) is 17.0 Å².